The highest BCUT2D eigenvalue weighted by Gasteiger charge is 2.41. The van der Waals surface area contributed by atoms with Crippen molar-refractivity contribution in [3.05, 3.63) is 29.0 Å². The molecule has 1 saturated carbocycles. The van der Waals surface area contributed by atoms with Crippen LogP contribution in [-0.2, 0) is 5.41 Å². The third kappa shape index (κ3) is 1.20. The van der Waals surface area contributed by atoms with E-state index < -0.39 is 5.41 Å². The predicted molar refractivity (Wildman–Crippen MR) is 50.4 cm³/mol. The summed E-state index contributed by atoms with van der Waals surface area (Å²) in [7, 11) is 0. The molecule has 2 nitrogen and oxygen atoms in total. The van der Waals surface area contributed by atoms with Gasteiger partial charge in [0.05, 0.1) is 16.8 Å². The van der Waals surface area contributed by atoms with Crippen molar-refractivity contribution in [2.75, 3.05) is 0 Å². The second-order valence-corrected chi connectivity index (χ2v) is 3.79. The smallest absolute Gasteiger partial charge is 0.101 e. The molecule has 0 amide bonds. The largest absolute Gasteiger partial charge is 0.258 e. The molecule has 13 heavy (non-hydrogen) atoms. The van der Waals surface area contributed by atoms with Crippen molar-refractivity contribution >= 4 is 11.6 Å². The standard InChI is InChI=1S/C10H9ClN2/c11-8-3-1-6-13-9(8)10(7-12)4-2-5-10/h1,3,6H,2,4-5H2. The maximum Gasteiger partial charge on any atom is 0.101 e. The van der Waals surface area contributed by atoms with Crippen LogP contribution >= 0.6 is 11.6 Å². The van der Waals surface area contributed by atoms with Crippen LogP contribution in [0.1, 0.15) is 25.0 Å². The normalized spacial score (nSPS) is 18.8. The number of halogens is 1. The van der Waals surface area contributed by atoms with Crippen LogP contribution in [0.5, 0.6) is 0 Å². The maximum atomic E-state index is 9.07. The SMILES string of the molecule is N#CC1(c2ncccc2Cl)CCC1. The zero-order valence-electron chi connectivity index (χ0n) is 7.13. The van der Waals surface area contributed by atoms with E-state index >= 15 is 0 Å². The van der Waals surface area contributed by atoms with E-state index in [4.69, 9.17) is 16.9 Å². The Morgan fingerprint density at radius 2 is 2.31 bits per heavy atom. The Hall–Kier alpha value is -1.07. The zero-order valence-corrected chi connectivity index (χ0v) is 7.88. The van der Waals surface area contributed by atoms with E-state index in [9.17, 15) is 0 Å². The summed E-state index contributed by atoms with van der Waals surface area (Å²) >= 11 is 5.99. The molecule has 0 radical (unpaired) electrons. The van der Waals surface area contributed by atoms with Gasteiger partial charge in [0.15, 0.2) is 0 Å². The third-order valence-corrected chi connectivity index (χ3v) is 2.94. The lowest BCUT2D eigenvalue weighted by atomic mass is 9.67. The molecule has 66 valence electrons. The number of pyridine rings is 1. The molecule has 2 rings (SSSR count). The van der Waals surface area contributed by atoms with Crippen LogP contribution in [0.4, 0.5) is 0 Å². The summed E-state index contributed by atoms with van der Waals surface area (Å²) in [6, 6.07) is 5.91. The Balaban J connectivity index is 2.46. The molecule has 0 saturated heterocycles. The molecule has 0 aliphatic heterocycles. The Bertz CT molecular complexity index is 363. The lowest BCUT2D eigenvalue weighted by Crippen LogP contribution is -2.33. The highest BCUT2D eigenvalue weighted by molar-refractivity contribution is 6.31. The Morgan fingerprint density at radius 1 is 1.54 bits per heavy atom. The number of hydrogen-bond acceptors (Lipinski definition) is 2. The number of nitrogens with zero attached hydrogens (tertiary/aromatic N) is 2. The van der Waals surface area contributed by atoms with Gasteiger partial charge in [0.2, 0.25) is 0 Å². The van der Waals surface area contributed by atoms with Gasteiger partial charge >= 0.3 is 0 Å². The zero-order chi connectivity index (χ0) is 9.31. The van der Waals surface area contributed by atoms with E-state index in [1.165, 1.54) is 0 Å². The lowest BCUT2D eigenvalue weighted by Gasteiger charge is -2.34. The van der Waals surface area contributed by atoms with Gasteiger partial charge in [-0.15, -0.1) is 0 Å². The quantitative estimate of drug-likeness (QED) is 0.686. The molecule has 0 aromatic carbocycles. The van der Waals surface area contributed by atoms with Crippen molar-refractivity contribution < 1.29 is 0 Å². The predicted octanol–water partition coefficient (Wildman–Crippen LogP) is 2.68. The fourth-order valence-corrected chi connectivity index (χ4v) is 1.97. The molecule has 0 unspecified atom stereocenters. The van der Waals surface area contributed by atoms with Crippen LogP contribution < -0.4 is 0 Å². The fourth-order valence-electron chi connectivity index (χ4n) is 1.67. The van der Waals surface area contributed by atoms with Gasteiger partial charge in [-0.3, -0.25) is 4.98 Å². The van der Waals surface area contributed by atoms with Crippen LogP contribution in [0.25, 0.3) is 0 Å². The van der Waals surface area contributed by atoms with Gasteiger partial charge in [0.1, 0.15) is 5.41 Å². The van der Waals surface area contributed by atoms with Crippen molar-refractivity contribution in [3.63, 3.8) is 0 Å². The van der Waals surface area contributed by atoms with Crippen molar-refractivity contribution in [3.8, 4) is 6.07 Å². The number of nitriles is 1. The third-order valence-electron chi connectivity index (χ3n) is 2.63. The first kappa shape index (κ1) is 8.52. The molecule has 1 heterocycles. The van der Waals surface area contributed by atoms with Gasteiger partial charge in [-0.2, -0.15) is 5.26 Å². The van der Waals surface area contributed by atoms with Crippen LogP contribution in [0.3, 0.4) is 0 Å². The summed E-state index contributed by atoms with van der Waals surface area (Å²) in [6.45, 7) is 0. The highest BCUT2D eigenvalue weighted by atomic mass is 35.5. The van der Waals surface area contributed by atoms with Gasteiger partial charge in [-0.25, -0.2) is 0 Å². The van der Waals surface area contributed by atoms with Crippen molar-refractivity contribution in [2.45, 2.75) is 24.7 Å². The summed E-state index contributed by atoms with van der Waals surface area (Å²) < 4.78 is 0. The average Bonchev–Trinajstić information content (AvgIpc) is 2.07. The van der Waals surface area contributed by atoms with E-state index in [0.717, 1.165) is 25.0 Å². The second-order valence-electron chi connectivity index (χ2n) is 3.38. The molecular formula is C10H9ClN2. The minimum atomic E-state index is -0.391. The van der Waals surface area contributed by atoms with Gasteiger partial charge in [0, 0.05) is 6.20 Å². The van der Waals surface area contributed by atoms with Crippen LogP contribution in [0, 0.1) is 11.3 Å². The number of aromatic nitrogens is 1. The van der Waals surface area contributed by atoms with Crippen molar-refractivity contribution in [1.29, 1.82) is 5.26 Å². The van der Waals surface area contributed by atoms with Gasteiger partial charge in [-0.05, 0) is 31.4 Å². The number of rotatable bonds is 1. The van der Waals surface area contributed by atoms with E-state index in [1.54, 1.807) is 18.3 Å². The lowest BCUT2D eigenvalue weighted by molar-refractivity contribution is 0.316. The second kappa shape index (κ2) is 3.01. The molecule has 0 bridgehead atoms. The van der Waals surface area contributed by atoms with Crippen LogP contribution in [-0.4, -0.2) is 4.98 Å². The van der Waals surface area contributed by atoms with E-state index in [1.807, 2.05) is 0 Å². The van der Waals surface area contributed by atoms with Gasteiger partial charge < -0.3 is 0 Å². The molecule has 0 atom stereocenters. The molecule has 1 aromatic rings. The van der Waals surface area contributed by atoms with Crippen LogP contribution in [0.15, 0.2) is 18.3 Å². The first-order valence-corrected chi connectivity index (χ1v) is 4.68. The molecule has 1 aliphatic carbocycles. The summed E-state index contributed by atoms with van der Waals surface area (Å²) in [5, 5.41) is 9.68. The summed E-state index contributed by atoms with van der Waals surface area (Å²) in [4.78, 5) is 4.19. The molecule has 0 spiro atoms. The monoisotopic (exact) mass is 192 g/mol. The van der Waals surface area contributed by atoms with Crippen molar-refractivity contribution in [2.24, 2.45) is 0 Å². The summed E-state index contributed by atoms with van der Waals surface area (Å²) in [5.74, 6) is 0. The van der Waals surface area contributed by atoms with E-state index in [2.05, 4.69) is 11.1 Å². The Labute approximate surface area is 82.2 Å². The van der Waals surface area contributed by atoms with E-state index in [-0.39, 0.29) is 0 Å². The maximum absolute atomic E-state index is 9.07. The first-order chi connectivity index (χ1) is 6.28. The Morgan fingerprint density at radius 3 is 2.77 bits per heavy atom. The minimum absolute atomic E-state index is 0.391. The molecule has 1 aromatic heterocycles. The minimum Gasteiger partial charge on any atom is -0.258 e. The summed E-state index contributed by atoms with van der Waals surface area (Å²) in [6.07, 6.45) is 4.57. The summed E-state index contributed by atoms with van der Waals surface area (Å²) in [5.41, 5.74) is 0.364. The fraction of sp³-hybridized carbons (Fsp3) is 0.400. The topological polar surface area (TPSA) is 36.7 Å². The highest BCUT2D eigenvalue weighted by Crippen LogP contribution is 2.44. The van der Waals surface area contributed by atoms with E-state index in [0.29, 0.717) is 5.02 Å². The molecule has 1 fully saturated rings. The molecule has 3 heteroatoms. The molecule has 0 N–H and O–H groups in total. The molecule has 1 aliphatic rings. The Kier molecular flexibility index (Phi) is 1.97. The van der Waals surface area contributed by atoms with Gasteiger partial charge in [0.25, 0.3) is 0 Å². The van der Waals surface area contributed by atoms with Crippen LogP contribution in [0.2, 0.25) is 5.02 Å². The average molecular weight is 193 g/mol. The first-order valence-electron chi connectivity index (χ1n) is 4.31. The van der Waals surface area contributed by atoms with Crippen molar-refractivity contribution in [1.82, 2.24) is 4.98 Å². The van der Waals surface area contributed by atoms with Gasteiger partial charge in [-0.1, -0.05) is 11.6 Å². The number of hydrogen-bond donors (Lipinski definition) is 0. The molecular weight excluding hydrogens is 184 g/mol.